The SMILES string of the molecule is C=C(NC(=O)CNC(=O)[C@H](CC(N)=O)NC(=O)[C@H](CC(C)C)NC(=O)[C@H](CCCCN)NC(=O)[C@H](CC(C)C)NC(=O)[C@@H](N)CO)C(=O)N[C@@H](CC(N)=O)C(=O)N[C@@H](CO)C(=O)N[C@@H](Cc1ccccc1)C(=O)N[C@@H](CCCN=C(N)N)C(=O)N[C@@H](Cc1ccc(O)cc1)C(=O)O. The molecule has 0 aliphatic heterocycles. The maximum atomic E-state index is 14.2. The van der Waals surface area contributed by atoms with Gasteiger partial charge in [-0.15, -0.1) is 0 Å². The lowest BCUT2D eigenvalue weighted by Crippen LogP contribution is -2.60. The first kappa shape index (κ1) is 82.8. The number of phenolic OH excluding ortho intramolecular Hbond substituents is 1. The Kier molecular flexibility index (Phi) is 36.6. The Morgan fingerprint density at radius 1 is 0.495 bits per heavy atom. The van der Waals surface area contributed by atoms with E-state index in [1.54, 1.807) is 58.0 Å². The number of hydrogen-bond donors (Lipinski definition) is 21. The predicted molar refractivity (Wildman–Crippen MR) is 349 cm³/mol. The third-order valence-electron chi connectivity index (χ3n) is 14.1. The average Bonchev–Trinajstić information content (AvgIpc) is 0.912. The van der Waals surface area contributed by atoms with Gasteiger partial charge in [0.05, 0.1) is 38.3 Å². The number of primary amides is 2. The van der Waals surface area contributed by atoms with Crippen molar-refractivity contribution < 1.29 is 87.5 Å². The van der Waals surface area contributed by atoms with Crippen molar-refractivity contribution in [2.45, 2.75) is 159 Å². The maximum absolute atomic E-state index is 14.2. The molecular formula is C61H94N18O18. The van der Waals surface area contributed by atoms with Gasteiger partial charge < -0.3 is 113 Å². The van der Waals surface area contributed by atoms with Crippen LogP contribution in [0, 0.1) is 11.8 Å². The number of benzene rings is 2. The summed E-state index contributed by atoms with van der Waals surface area (Å²) in [7, 11) is 0. The second-order valence-electron chi connectivity index (χ2n) is 23.5. The summed E-state index contributed by atoms with van der Waals surface area (Å²) in [6.45, 7) is 7.77. The van der Waals surface area contributed by atoms with Gasteiger partial charge in [-0.2, -0.15) is 0 Å². The molecule has 0 radical (unpaired) electrons. The highest BCUT2D eigenvalue weighted by Gasteiger charge is 2.36. The lowest BCUT2D eigenvalue weighted by atomic mass is 10.00. The number of aromatic hydroxyl groups is 1. The molecule has 0 heterocycles. The highest BCUT2D eigenvalue weighted by Crippen LogP contribution is 2.15. The van der Waals surface area contributed by atoms with E-state index in [9.17, 15) is 87.5 Å². The Labute approximate surface area is 559 Å². The molecule has 13 amide bonds. The predicted octanol–water partition coefficient (Wildman–Crippen LogP) is -7.29. The van der Waals surface area contributed by atoms with Gasteiger partial charge in [0.25, 0.3) is 5.91 Å². The molecule has 97 heavy (non-hydrogen) atoms. The third kappa shape index (κ3) is 32.1. The van der Waals surface area contributed by atoms with E-state index >= 15 is 0 Å². The number of aliphatic hydroxyl groups is 2. The number of nitrogens with zero attached hydrogens (tertiary/aromatic N) is 1. The second-order valence-corrected chi connectivity index (χ2v) is 23.5. The number of amides is 13. The largest absolute Gasteiger partial charge is 0.508 e. The number of hydrogen-bond acceptors (Lipinski definition) is 20. The zero-order valence-electron chi connectivity index (χ0n) is 54.6. The average molecular weight is 1370 g/mol. The maximum Gasteiger partial charge on any atom is 0.326 e. The molecule has 36 nitrogen and oxygen atoms in total. The van der Waals surface area contributed by atoms with Gasteiger partial charge in [-0.25, -0.2) is 4.79 Å². The molecule has 2 rings (SSSR count). The normalized spacial score (nSPS) is 14.0. The van der Waals surface area contributed by atoms with Crippen LogP contribution in [0.2, 0.25) is 0 Å². The monoisotopic (exact) mass is 1370 g/mol. The van der Waals surface area contributed by atoms with Crippen molar-refractivity contribution in [1.29, 1.82) is 0 Å². The van der Waals surface area contributed by atoms with Crippen LogP contribution >= 0.6 is 0 Å². The van der Waals surface area contributed by atoms with E-state index in [0.29, 0.717) is 24.0 Å². The number of aliphatic carboxylic acids is 1. The molecule has 0 saturated carbocycles. The number of aliphatic imine (C=N–C) groups is 1. The van der Waals surface area contributed by atoms with E-state index in [2.05, 4.69) is 70.1 Å². The Hall–Kier alpha value is -10.3. The van der Waals surface area contributed by atoms with Gasteiger partial charge in [-0.1, -0.05) is 76.7 Å². The molecule has 0 spiro atoms. The van der Waals surface area contributed by atoms with Crippen molar-refractivity contribution in [3.05, 3.63) is 78.0 Å². The first-order valence-corrected chi connectivity index (χ1v) is 31.0. The van der Waals surface area contributed by atoms with Crippen molar-refractivity contribution in [1.82, 2.24) is 58.5 Å². The lowest BCUT2D eigenvalue weighted by Gasteiger charge is -2.27. The Balaban J connectivity index is 2.28. The van der Waals surface area contributed by atoms with Gasteiger partial charge in [0.15, 0.2) is 5.96 Å². The topological polar surface area (TPSA) is 621 Å². The molecule has 0 saturated heterocycles. The van der Waals surface area contributed by atoms with E-state index in [-0.39, 0.29) is 81.6 Å². The summed E-state index contributed by atoms with van der Waals surface area (Å²) in [4.78, 5) is 191. The van der Waals surface area contributed by atoms with Gasteiger partial charge in [0.1, 0.15) is 66.2 Å². The summed E-state index contributed by atoms with van der Waals surface area (Å²) in [5.41, 5.74) is 33.1. The minimum atomic E-state index is -1.95. The van der Waals surface area contributed by atoms with Crippen molar-refractivity contribution in [2.75, 3.05) is 32.8 Å². The third-order valence-corrected chi connectivity index (χ3v) is 14.1. The number of phenols is 1. The number of aliphatic hydroxyl groups excluding tert-OH is 2. The standard InChI is InChI=1S/C61H94N18O18/c1-31(2)22-40(74-51(87)37(63)29-80)55(91)71-38(14-9-10-20-62)53(89)75-41(23-32(3)4)56(92)77-43(26-47(64)83)52(88)69-28-49(85)70-33(5)50(86)73-44(27-48(65)84)58(94)79-46(30-81)59(95)76-42(24-34-12-7-6-8-13-34)57(93)72-39(15-11-21-68-61(66)67)54(90)78-45(60(96)97)25-35-16-18-36(82)19-17-35/h6-8,12-13,16-19,31-32,37-46,80-82H,5,9-11,14-15,20-30,62-63H2,1-4H3,(H2,64,83)(H2,65,84)(H,69,88)(H,70,85)(H,71,91)(H,72,93)(H,73,86)(H,74,87)(H,75,89)(H,76,95)(H,77,92)(H,78,90)(H,79,94)(H,96,97)(H4,66,67,68)/t37-,38-,39-,40-,41-,42-,43-,44-,45-,46-/m0/s1. The molecule has 10 atom stereocenters. The highest BCUT2D eigenvalue weighted by molar-refractivity contribution is 6.03. The summed E-state index contributed by atoms with van der Waals surface area (Å²) in [6, 6.07) is -1.91. The number of carbonyl (C=O) groups excluding carboxylic acids is 13. The zero-order chi connectivity index (χ0) is 73.1. The number of nitrogens with one attached hydrogen (secondary N) is 11. The molecule has 27 N–H and O–H groups in total. The lowest BCUT2D eigenvalue weighted by molar-refractivity contribution is -0.142. The van der Waals surface area contributed by atoms with E-state index in [0.717, 1.165) is 0 Å². The van der Waals surface area contributed by atoms with Crippen LogP contribution in [-0.4, -0.2) is 202 Å². The van der Waals surface area contributed by atoms with Gasteiger partial charge in [0.2, 0.25) is 70.9 Å². The molecule has 0 aliphatic carbocycles. The highest BCUT2D eigenvalue weighted by atomic mass is 16.4. The molecule has 536 valence electrons. The fourth-order valence-corrected chi connectivity index (χ4v) is 9.15. The van der Waals surface area contributed by atoms with E-state index in [4.69, 9.17) is 34.4 Å². The molecule has 2 aromatic carbocycles. The van der Waals surface area contributed by atoms with Crippen LogP contribution in [0.3, 0.4) is 0 Å². The quantitative estimate of drug-likeness (QED) is 0.0127. The number of guanidine groups is 1. The van der Waals surface area contributed by atoms with Crippen LogP contribution < -0.4 is 92.9 Å². The molecular weight excluding hydrogens is 1270 g/mol. The van der Waals surface area contributed by atoms with Gasteiger partial charge >= 0.3 is 5.97 Å². The van der Waals surface area contributed by atoms with Crippen LogP contribution in [0.1, 0.15) is 96.6 Å². The minimum Gasteiger partial charge on any atom is -0.508 e. The minimum absolute atomic E-state index is 0.0246. The van der Waals surface area contributed by atoms with Crippen LogP contribution in [0.5, 0.6) is 5.75 Å². The van der Waals surface area contributed by atoms with Crippen molar-refractivity contribution in [2.24, 2.45) is 51.2 Å². The fourth-order valence-electron chi connectivity index (χ4n) is 9.15. The molecule has 0 bridgehead atoms. The Morgan fingerprint density at radius 2 is 0.918 bits per heavy atom. The summed E-state index contributed by atoms with van der Waals surface area (Å²) in [5, 5.41) is 65.3. The Morgan fingerprint density at radius 3 is 1.41 bits per heavy atom. The summed E-state index contributed by atoms with van der Waals surface area (Å²) < 4.78 is 0. The van der Waals surface area contributed by atoms with E-state index in [1.807, 2.05) is 0 Å². The summed E-state index contributed by atoms with van der Waals surface area (Å²) in [6.07, 6.45) is -1.56. The molecule has 36 heteroatoms. The Bertz CT molecular complexity index is 3080. The van der Waals surface area contributed by atoms with Crippen molar-refractivity contribution in [3.8, 4) is 5.75 Å². The molecule has 0 aromatic heterocycles. The zero-order valence-corrected chi connectivity index (χ0v) is 54.6. The van der Waals surface area contributed by atoms with E-state index < -0.39 is 181 Å². The number of unbranched alkanes of at least 4 members (excludes halogenated alkanes) is 1. The van der Waals surface area contributed by atoms with Crippen molar-refractivity contribution >= 4 is 88.7 Å². The summed E-state index contributed by atoms with van der Waals surface area (Å²) >= 11 is 0. The molecule has 2 aromatic rings. The smallest absolute Gasteiger partial charge is 0.326 e. The van der Waals surface area contributed by atoms with Crippen LogP contribution in [0.4, 0.5) is 0 Å². The first-order chi connectivity index (χ1) is 45.7. The van der Waals surface area contributed by atoms with Crippen LogP contribution in [-0.2, 0) is 80.0 Å². The summed E-state index contributed by atoms with van der Waals surface area (Å²) in [5.74, 6) is -16.1. The number of rotatable bonds is 45. The number of carboxylic acid groups (broad SMARTS) is 1. The number of carbonyl (C=O) groups is 14. The number of nitrogens with two attached hydrogens (primary N) is 6. The van der Waals surface area contributed by atoms with Gasteiger partial charge in [-0.05, 0) is 86.6 Å². The molecule has 0 fully saturated rings. The van der Waals surface area contributed by atoms with Crippen LogP contribution in [0.25, 0.3) is 0 Å². The number of carboxylic acids is 1. The van der Waals surface area contributed by atoms with Crippen LogP contribution in [0.15, 0.2) is 71.9 Å². The van der Waals surface area contributed by atoms with Crippen molar-refractivity contribution in [3.63, 3.8) is 0 Å². The van der Waals surface area contributed by atoms with Gasteiger partial charge in [0, 0.05) is 19.4 Å². The fraction of sp³-hybridized carbons (Fsp3) is 0.525. The molecule has 0 unspecified atom stereocenters. The van der Waals surface area contributed by atoms with Gasteiger partial charge in [-0.3, -0.25) is 67.3 Å². The second kappa shape index (κ2) is 42.9. The first-order valence-electron chi connectivity index (χ1n) is 31.0. The van der Waals surface area contributed by atoms with E-state index in [1.165, 1.54) is 24.3 Å². The molecule has 0 aliphatic rings.